The molecule has 1 heterocycles. The van der Waals surface area contributed by atoms with Gasteiger partial charge in [-0.2, -0.15) is 0 Å². The van der Waals surface area contributed by atoms with Crippen LogP contribution < -0.4 is 5.32 Å². The van der Waals surface area contributed by atoms with Crippen LogP contribution in [0.2, 0.25) is 0 Å². The summed E-state index contributed by atoms with van der Waals surface area (Å²) in [5.41, 5.74) is 0.879. The zero-order valence-corrected chi connectivity index (χ0v) is 10.2. The first kappa shape index (κ1) is 12.5. The number of halogens is 2. The van der Waals surface area contributed by atoms with Crippen molar-refractivity contribution in [2.75, 3.05) is 0 Å². The van der Waals surface area contributed by atoms with Crippen LogP contribution in [0.1, 0.15) is 38.2 Å². The topological polar surface area (TPSA) is 12.0 Å². The molecule has 1 aromatic carbocycles. The maximum atomic E-state index is 13.0. The lowest BCUT2D eigenvalue weighted by Gasteiger charge is -2.28. The molecular formula is C14H19F2N. The first-order chi connectivity index (χ1) is 8.15. The zero-order chi connectivity index (χ0) is 12.3. The predicted octanol–water partition coefficient (Wildman–Crippen LogP) is 3.43. The summed E-state index contributed by atoms with van der Waals surface area (Å²) in [6.07, 6.45) is 5.49. The fourth-order valence-electron chi connectivity index (χ4n) is 2.50. The SMILES string of the molecule is CC1CCCC(CCc2ccc(F)c(F)c2)N1. The number of aryl methyl sites for hydroxylation is 1. The lowest BCUT2D eigenvalue weighted by molar-refractivity contribution is 0.322. The Morgan fingerprint density at radius 3 is 2.76 bits per heavy atom. The number of benzene rings is 1. The van der Waals surface area contributed by atoms with Crippen LogP contribution in [-0.2, 0) is 6.42 Å². The molecule has 0 spiro atoms. The molecule has 1 saturated heterocycles. The standard InChI is InChI=1S/C14H19F2N/c1-10-3-2-4-12(17-10)7-5-11-6-8-13(15)14(16)9-11/h6,8-10,12,17H,2-5,7H2,1H3. The summed E-state index contributed by atoms with van der Waals surface area (Å²) < 4.78 is 25.8. The summed E-state index contributed by atoms with van der Waals surface area (Å²) in [5.74, 6) is -1.51. The van der Waals surface area contributed by atoms with E-state index in [2.05, 4.69) is 12.2 Å². The summed E-state index contributed by atoms with van der Waals surface area (Å²) in [7, 11) is 0. The number of piperidine rings is 1. The zero-order valence-electron chi connectivity index (χ0n) is 10.2. The van der Waals surface area contributed by atoms with E-state index in [-0.39, 0.29) is 0 Å². The van der Waals surface area contributed by atoms with Gasteiger partial charge in [-0.05, 0) is 50.3 Å². The molecule has 0 radical (unpaired) electrons. The molecule has 1 aromatic rings. The number of hydrogen-bond donors (Lipinski definition) is 1. The van der Waals surface area contributed by atoms with Gasteiger partial charge in [0.2, 0.25) is 0 Å². The van der Waals surface area contributed by atoms with Gasteiger partial charge in [-0.3, -0.25) is 0 Å². The third kappa shape index (κ3) is 3.50. The van der Waals surface area contributed by atoms with Gasteiger partial charge < -0.3 is 5.32 Å². The molecule has 0 bridgehead atoms. The second-order valence-electron chi connectivity index (χ2n) is 4.98. The van der Waals surface area contributed by atoms with Gasteiger partial charge in [-0.25, -0.2) is 8.78 Å². The molecule has 2 unspecified atom stereocenters. The Kier molecular flexibility index (Phi) is 4.11. The molecule has 94 valence electrons. The Hall–Kier alpha value is -0.960. The number of rotatable bonds is 3. The van der Waals surface area contributed by atoms with Crippen molar-refractivity contribution < 1.29 is 8.78 Å². The third-order valence-corrected chi connectivity index (χ3v) is 3.48. The molecule has 2 atom stereocenters. The highest BCUT2D eigenvalue weighted by molar-refractivity contribution is 5.18. The maximum absolute atomic E-state index is 13.0. The van der Waals surface area contributed by atoms with Gasteiger partial charge in [-0.1, -0.05) is 12.5 Å². The van der Waals surface area contributed by atoms with Gasteiger partial charge >= 0.3 is 0 Å². The largest absolute Gasteiger partial charge is 0.311 e. The average molecular weight is 239 g/mol. The van der Waals surface area contributed by atoms with E-state index in [1.807, 2.05) is 0 Å². The molecule has 0 aliphatic carbocycles. The van der Waals surface area contributed by atoms with Crippen molar-refractivity contribution in [2.24, 2.45) is 0 Å². The van der Waals surface area contributed by atoms with E-state index >= 15 is 0 Å². The van der Waals surface area contributed by atoms with E-state index in [0.717, 1.165) is 18.4 Å². The van der Waals surface area contributed by atoms with Crippen LogP contribution in [-0.4, -0.2) is 12.1 Å². The second-order valence-corrected chi connectivity index (χ2v) is 4.98. The van der Waals surface area contributed by atoms with Crippen molar-refractivity contribution in [1.29, 1.82) is 0 Å². The van der Waals surface area contributed by atoms with Crippen LogP contribution in [0, 0.1) is 11.6 Å². The van der Waals surface area contributed by atoms with Gasteiger partial charge in [0.25, 0.3) is 0 Å². The fourth-order valence-corrected chi connectivity index (χ4v) is 2.50. The van der Waals surface area contributed by atoms with Crippen molar-refractivity contribution >= 4 is 0 Å². The molecule has 1 aliphatic rings. The lowest BCUT2D eigenvalue weighted by Crippen LogP contribution is -2.40. The predicted molar refractivity (Wildman–Crippen MR) is 64.9 cm³/mol. The molecule has 1 nitrogen and oxygen atoms in total. The summed E-state index contributed by atoms with van der Waals surface area (Å²) >= 11 is 0. The highest BCUT2D eigenvalue weighted by Crippen LogP contribution is 2.17. The Morgan fingerprint density at radius 1 is 1.24 bits per heavy atom. The van der Waals surface area contributed by atoms with Crippen molar-refractivity contribution in [3.05, 3.63) is 35.4 Å². The minimum Gasteiger partial charge on any atom is -0.311 e. The molecule has 0 saturated carbocycles. The Balaban J connectivity index is 1.86. The minimum absolute atomic E-state index is 0.520. The Labute approximate surface area is 101 Å². The third-order valence-electron chi connectivity index (χ3n) is 3.48. The van der Waals surface area contributed by atoms with Gasteiger partial charge in [0, 0.05) is 12.1 Å². The van der Waals surface area contributed by atoms with E-state index in [4.69, 9.17) is 0 Å². The van der Waals surface area contributed by atoms with Crippen LogP contribution in [0.25, 0.3) is 0 Å². The summed E-state index contributed by atoms with van der Waals surface area (Å²) in [4.78, 5) is 0. The van der Waals surface area contributed by atoms with Crippen LogP contribution in [0.5, 0.6) is 0 Å². The number of hydrogen-bond acceptors (Lipinski definition) is 1. The molecule has 0 amide bonds. The summed E-state index contributed by atoms with van der Waals surface area (Å²) in [6.45, 7) is 2.20. The molecule has 17 heavy (non-hydrogen) atoms. The smallest absolute Gasteiger partial charge is 0.159 e. The Bertz CT molecular complexity index is 378. The monoisotopic (exact) mass is 239 g/mol. The van der Waals surface area contributed by atoms with Gasteiger partial charge in [-0.15, -0.1) is 0 Å². The van der Waals surface area contributed by atoms with Crippen LogP contribution >= 0.6 is 0 Å². The van der Waals surface area contributed by atoms with E-state index in [0.29, 0.717) is 12.1 Å². The average Bonchev–Trinajstić information content (AvgIpc) is 2.31. The first-order valence-electron chi connectivity index (χ1n) is 6.35. The maximum Gasteiger partial charge on any atom is 0.159 e. The Morgan fingerprint density at radius 2 is 2.06 bits per heavy atom. The molecule has 1 fully saturated rings. The van der Waals surface area contributed by atoms with Crippen LogP contribution in [0.3, 0.4) is 0 Å². The molecule has 0 aromatic heterocycles. The second kappa shape index (κ2) is 5.58. The molecule has 3 heteroatoms. The van der Waals surface area contributed by atoms with Crippen molar-refractivity contribution in [3.63, 3.8) is 0 Å². The minimum atomic E-state index is -0.766. The van der Waals surface area contributed by atoms with E-state index in [1.54, 1.807) is 6.07 Å². The first-order valence-corrected chi connectivity index (χ1v) is 6.35. The fraction of sp³-hybridized carbons (Fsp3) is 0.571. The van der Waals surface area contributed by atoms with Crippen LogP contribution in [0.4, 0.5) is 8.78 Å². The molecule has 2 rings (SSSR count). The molecule has 1 N–H and O–H groups in total. The van der Waals surface area contributed by atoms with E-state index < -0.39 is 11.6 Å². The molecule has 1 aliphatic heterocycles. The van der Waals surface area contributed by atoms with Gasteiger partial charge in [0.15, 0.2) is 11.6 Å². The van der Waals surface area contributed by atoms with Crippen molar-refractivity contribution in [1.82, 2.24) is 5.32 Å². The van der Waals surface area contributed by atoms with Gasteiger partial charge in [0.1, 0.15) is 0 Å². The summed E-state index contributed by atoms with van der Waals surface area (Å²) in [6, 6.07) is 5.29. The quantitative estimate of drug-likeness (QED) is 0.852. The van der Waals surface area contributed by atoms with Crippen molar-refractivity contribution in [3.8, 4) is 0 Å². The lowest BCUT2D eigenvalue weighted by atomic mass is 9.95. The van der Waals surface area contributed by atoms with Gasteiger partial charge in [0.05, 0.1) is 0 Å². The molecular weight excluding hydrogens is 220 g/mol. The van der Waals surface area contributed by atoms with Crippen molar-refractivity contribution in [2.45, 2.75) is 51.1 Å². The highest BCUT2D eigenvalue weighted by atomic mass is 19.2. The summed E-state index contributed by atoms with van der Waals surface area (Å²) in [5, 5.41) is 3.54. The number of nitrogens with one attached hydrogen (secondary N) is 1. The highest BCUT2D eigenvalue weighted by Gasteiger charge is 2.17. The van der Waals surface area contributed by atoms with E-state index in [1.165, 1.54) is 31.4 Å². The normalized spacial score (nSPS) is 24.9. The van der Waals surface area contributed by atoms with Crippen LogP contribution in [0.15, 0.2) is 18.2 Å². The van der Waals surface area contributed by atoms with E-state index in [9.17, 15) is 8.78 Å².